The Bertz CT molecular complexity index is 366. The SMILES string of the molecule is CNCC1CCCN1Cc1ncnn1CC(C)C.Cl. The van der Waals surface area contributed by atoms with Crippen LogP contribution >= 0.6 is 12.4 Å². The molecule has 0 bridgehead atoms. The molecule has 19 heavy (non-hydrogen) atoms. The lowest BCUT2D eigenvalue weighted by Gasteiger charge is -2.24. The van der Waals surface area contributed by atoms with Gasteiger partial charge in [0.2, 0.25) is 0 Å². The van der Waals surface area contributed by atoms with Crippen molar-refractivity contribution >= 4 is 12.4 Å². The van der Waals surface area contributed by atoms with Gasteiger partial charge in [-0.05, 0) is 32.4 Å². The van der Waals surface area contributed by atoms with Gasteiger partial charge in [-0.15, -0.1) is 12.4 Å². The maximum atomic E-state index is 4.42. The first-order valence-corrected chi connectivity index (χ1v) is 6.96. The van der Waals surface area contributed by atoms with E-state index >= 15 is 0 Å². The van der Waals surface area contributed by atoms with Gasteiger partial charge in [-0.3, -0.25) is 4.90 Å². The second kappa shape index (κ2) is 7.82. The largest absolute Gasteiger partial charge is 0.318 e. The summed E-state index contributed by atoms with van der Waals surface area (Å²) >= 11 is 0. The molecule has 0 amide bonds. The summed E-state index contributed by atoms with van der Waals surface area (Å²) in [7, 11) is 2.03. The van der Waals surface area contributed by atoms with E-state index in [1.165, 1.54) is 19.4 Å². The summed E-state index contributed by atoms with van der Waals surface area (Å²) in [6.07, 6.45) is 4.27. The van der Waals surface area contributed by atoms with Gasteiger partial charge in [0.1, 0.15) is 12.2 Å². The van der Waals surface area contributed by atoms with E-state index in [1.54, 1.807) is 6.33 Å². The molecule has 0 spiro atoms. The van der Waals surface area contributed by atoms with Crippen LogP contribution in [0, 0.1) is 5.92 Å². The molecule has 0 saturated carbocycles. The smallest absolute Gasteiger partial charge is 0.141 e. The molecule has 1 aliphatic heterocycles. The van der Waals surface area contributed by atoms with Crippen LogP contribution < -0.4 is 5.32 Å². The number of hydrogen-bond donors (Lipinski definition) is 1. The Morgan fingerprint density at radius 3 is 2.95 bits per heavy atom. The van der Waals surface area contributed by atoms with Crippen LogP contribution in [0.3, 0.4) is 0 Å². The summed E-state index contributed by atoms with van der Waals surface area (Å²) in [6, 6.07) is 0.652. The van der Waals surface area contributed by atoms with Crippen molar-refractivity contribution in [2.75, 3.05) is 20.1 Å². The van der Waals surface area contributed by atoms with Crippen molar-refractivity contribution in [1.82, 2.24) is 25.0 Å². The number of nitrogens with zero attached hydrogens (tertiary/aromatic N) is 4. The third-order valence-corrected chi connectivity index (χ3v) is 3.52. The zero-order chi connectivity index (χ0) is 13.0. The molecule has 2 heterocycles. The lowest BCUT2D eigenvalue weighted by Crippen LogP contribution is -2.37. The molecule has 1 aromatic heterocycles. The van der Waals surface area contributed by atoms with Crippen molar-refractivity contribution in [2.45, 2.75) is 45.8 Å². The van der Waals surface area contributed by atoms with Gasteiger partial charge in [0, 0.05) is 19.1 Å². The monoisotopic (exact) mass is 287 g/mol. The number of rotatable bonds is 6. The average Bonchev–Trinajstić information content (AvgIpc) is 2.91. The quantitative estimate of drug-likeness (QED) is 0.862. The lowest BCUT2D eigenvalue weighted by atomic mass is 10.2. The topological polar surface area (TPSA) is 46.0 Å². The van der Waals surface area contributed by atoms with Gasteiger partial charge < -0.3 is 5.32 Å². The first kappa shape index (κ1) is 16.4. The Hall–Kier alpha value is -0.650. The molecule has 1 saturated heterocycles. The predicted molar refractivity (Wildman–Crippen MR) is 79.5 cm³/mol. The van der Waals surface area contributed by atoms with Crippen LogP contribution in [-0.2, 0) is 13.1 Å². The summed E-state index contributed by atoms with van der Waals surface area (Å²) in [6.45, 7) is 8.56. The summed E-state index contributed by atoms with van der Waals surface area (Å²) < 4.78 is 2.05. The molecule has 5 nitrogen and oxygen atoms in total. The minimum atomic E-state index is 0. The van der Waals surface area contributed by atoms with E-state index < -0.39 is 0 Å². The second-order valence-electron chi connectivity index (χ2n) is 5.58. The Morgan fingerprint density at radius 2 is 2.26 bits per heavy atom. The Kier molecular flexibility index (Phi) is 6.75. The molecule has 1 unspecified atom stereocenters. The Labute approximate surface area is 122 Å². The van der Waals surface area contributed by atoms with E-state index in [0.717, 1.165) is 25.5 Å². The van der Waals surface area contributed by atoms with Crippen molar-refractivity contribution in [1.29, 1.82) is 0 Å². The molecule has 0 aliphatic carbocycles. The molecule has 1 atom stereocenters. The van der Waals surface area contributed by atoms with Crippen molar-refractivity contribution < 1.29 is 0 Å². The molecular weight excluding hydrogens is 262 g/mol. The molecular formula is C13H26ClN5. The fourth-order valence-electron chi connectivity index (χ4n) is 2.66. The zero-order valence-electron chi connectivity index (χ0n) is 12.2. The number of hydrogen-bond acceptors (Lipinski definition) is 4. The van der Waals surface area contributed by atoms with E-state index in [0.29, 0.717) is 12.0 Å². The van der Waals surface area contributed by atoms with Gasteiger partial charge in [0.25, 0.3) is 0 Å². The molecule has 6 heteroatoms. The standard InChI is InChI=1S/C13H25N5.ClH/c1-11(2)8-18-13(15-10-16-18)9-17-6-4-5-12(17)7-14-3;/h10-12,14H,4-9H2,1-3H3;1H. The highest BCUT2D eigenvalue weighted by molar-refractivity contribution is 5.85. The van der Waals surface area contributed by atoms with Crippen molar-refractivity contribution in [3.05, 3.63) is 12.2 Å². The fraction of sp³-hybridized carbons (Fsp3) is 0.846. The third kappa shape index (κ3) is 4.44. The average molecular weight is 288 g/mol. The normalized spacial score (nSPS) is 19.9. The molecule has 1 aliphatic rings. The van der Waals surface area contributed by atoms with Gasteiger partial charge in [0.05, 0.1) is 6.54 Å². The molecule has 2 rings (SSSR count). The minimum Gasteiger partial charge on any atom is -0.318 e. The van der Waals surface area contributed by atoms with E-state index in [9.17, 15) is 0 Å². The third-order valence-electron chi connectivity index (χ3n) is 3.52. The molecule has 1 aromatic rings. The highest BCUT2D eigenvalue weighted by atomic mass is 35.5. The molecule has 110 valence electrons. The van der Waals surface area contributed by atoms with Gasteiger partial charge in [-0.1, -0.05) is 13.8 Å². The molecule has 0 aromatic carbocycles. The second-order valence-corrected chi connectivity index (χ2v) is 5.58. The molecule has 1 fully saturated rings. The summed E-state index contributed by atoms with van der Waals surface area (Å²) in [5, 5.41) is 7.61. The highest BCUT2D eigenvalue weighted by Gasteiger charge is 2.25. The first-order valence-electron chi connectivity index (χ1n) is 6.96. The van der Waals surface area contributed by atoms with Crippen LogP contribution in [0.4, 0.5) is 0 Å². The van der Waals surface area contributed by atoms with Crippen LogP contribution in [0.5, 0.6) is 0 Å². The van der Waals surface area contributed by atoms with Gasteiger partial charge in [-0.25, -0.2) is 9.67 Å². The summed E-state index contributed by atoms with van der Waals surface area (Å²) in [5.41, 5.74) is 0. The van der Waals surface area contributed by atoms with Gasteiger partial charge in [0.15, 0.2) is 0 Å². The minimum absolute atomic E-state index is 0. The number of aromatic nitrogens is 3. The predicted octanol–water partition coefficient (Wildman–Crippen LogP) is 1.54. The van der Waals surface area contributed by atoms with E-state index in [-0.39, 0.29) is 12.4 Å². The van der Waals surface area contributed by atoms with Crippen LogP contribution in [0.25, 0.3) is 0 Å². The van der Waals surface area contributed by atoms with Crippen LogP contribution in [-0.4, -0.2) is 45.8 Å². The maximum absolute atomic E-state index is 4.42. The fourth-order valence-corrected chi connectivity index (χ4v) is 2.66. The van der Waals surface area contributed by atoms with E-state index in [2.05, 4.69) is 38.8 Å². The zero-order valence-corrected chi connectivity index (χ0v) is 13.0. The van der Waals surface area contributed by atoms with Gasteiger partial charge in [-0.2, -0.15) is 5.10 Å². The number of likely N-dealkylation sites (tertiary alicyclic amines) is 1. The van der Waals surface area contributed by atoms with Crippen LogP contribution in [0.2, 0.25) is 0 Å². The summed E-state index contributed by atoms with van der Waals surface area (Å²) in [4.78, 5) is 6.94. The van der Waals surface area contributed by atoms with E-state index in [1.807, 2.05) is 7.05 Å². The van der Waals surface area contributed by atoms with Crippen molar-refractivity contribution in [2.24, 2.45) is 5.92 Å². The van der Waals surface area contributed by atoms with Crippen LogP contribution in [0.1, 0.15) is 32.5 Å². The van der Waals surface area contributed by atoms with Crippen molar-refractivity contribution in [3.63, 3.8) is 0 Å². The number of likely N-dealkylation sites (N-methyl/N-ethyl adjacent to an activating group) is 1. The first-order chi connectivity index (χ1) is 8.70. The number of halogens is 1. The van der Waals surface area contributed by atoms with E-state index in [4.69, 9.17) is 0 Å². The number of nitrogens with one attached hydrogen (secondary N) is 1. The Balaban J connectivity index is 0.00000180. The van der Waals surface area contributed by atoms with Crippen LogP contribution in [0.15, 0.2) is 6.33 Å². The molecule has 1 N–H and O–H groups in total. The van der Waals surface area contributed by atoms with Crippen molar-refractivity contribution in [3.8, 4) is 0 Å². The molecule has 0 radical (unpaired) electrons. The summed E-state index contributed by atoms with van der Waals surface area (Å²) in [5.74, 6) is 1.71. The Morgan fingerprint density at radius 1 is 1.47 bits per heavy atom. The highest BCUT2D eigenvalue weighted by Crippen LogP contribution is 2.18. The maximum Gasteiger partial charge on any atom is 0.141 e. The lowest BCUT2D eigenvalue weighted by molar-refractivity contribution is 0.230. The van der Waals surface area contributed by atoms with Gasteiger partial charge >= 0.3 is 0 Å².